The molecule has 1 heterocycles. The smallest absolute Gasteiger partial charge is 0.410 e. The molecule has 1 aliphatic rings. The Morgan fingerprint density at radius 1 is 1.35 bits per heavy atom. The van der Waals surface area contributed by atoms with Gasteiger partial charge in [-0.2, -0.15) is 0 Å². The van der Waals surface area contributed by atoms with Crippen LogP contribution < -0.4 is 4.72 Å². The van der Waals surface area contributed by atoms with Crippen LogP contribution >= 0.6 is 0 Å². The molecule has 0 unspecified atom stereocenters. The Kier molecular flexibility index (Phi) is 4.62. The molecular formula is C14H18N2O6S. The number of carbonyl (C=O) groups excluding carboxylic acids is 1. The molecule has 2 rings (SSSR count). The maximum atomic E-state index is 12.3. The number of benzene rings is 1. The van der Waals surface area contributed by atoms with Crippen molar-refractivity contribution in [2.75, 3.05) is 19.7 Å². The maximum Gasteiger partial charge on any atom is 0.410 e. The van der Waals surface area contributed by atoms with Crippen molar-refractivity contribution in [2.24, 2.45) is 0 Å². The zero-order valence-corrected chi connectivity index (χ0v) is 13.6. The van der Waals surface area contributed by atoms with E-state index < -0.39 is 27.6 Å². The Labute approximate surface area is 134 Å². The average Bonchev–Trinajstić information content (AvgIpc) is 2.93. The van der Waals surface area contributed by atoms with E-state index in [9.17, 15) is 18.0 Å². The molecule has 0 bridgehead atoms. The molecule has 1 saturated heterocycles. The number of hydrogen-bond donors (Lipinski definition) is 2. The number of sulfonamides is 1. The largest absolute Gasteiger partial charge is 0.478 e. The van der Waals surface area contributed by atoms with Crippen LogP contribution in [0.5, 0.6) is 0 Å². The van der Waals surface area contributed by atoms with Gasteiger partial charge >= 0.3 is 12.1 Å². The fraction of sp³-hybridized carbons (Fsp3) is 0.429. The minimum Gasteiger partial charge on any atom is -0.478 e. The fourth-order valence-electron chi connectivity index (χ4n) is 2.17. The second-order valence-electron chi connectivity index (χ2n) is 5.73. The third kappa shape index (κ3) is 3.80. The molecule has 0 aromatic heterocycles. The lowest BCUT2D eigenvalue weighted by Gasteiger charge is -2.33. The lowest BCUT2D eigenvalue weighted by atomic mass is 10.0. The molecule has 0 aliphatic carbocycles. The molecule has 1 aliphatic heterocycles. The Morgan fingerprint density at radius 3 is 2.43 bits per heavy atom. The van der Waals surface area contributed by atoms with Gasteiger partial charge < -0.3 is 9.84 Å². The predicted octanol–water partition coefficient (Wildman–Crippen LogP) is 0.894. The lowest BCUT2D eigenvalue weighted by molar-refractivity contribution is 0.0696. The van der Waals surface area contributed by atoms with Gasteiger partial charge in [-0.15, -0.1) is 0 Å². The Hall–Kier alpha value is -2.13. The van der Waals surface area contributed by atoms with Crippen LogP contribution in [0.4, 0.5) is 4.79 Å². The van der Waals surface area contributed by atoms with Crippen LogP contribution in [-0.4, -0.2) is 55.7 Å². The highest BCUT2D eigenvalue weighted by molar-refractivity contribution is 7.89. The maximum absolute atomic E-state index is 12.3. The van der Waals surface area contributed by atoms with Crippen molar-refractivity contribution >= 4 is 22.1 Å². The Balaban J connectivity index is 2.09. The van der Waals surface area contributed by atoms with E-state index in [0.717, 1.165) is 0 Å². The highest BCUT2D eigenvalue weighted by Gasteiger charge is 2.36. The molecular weight excluding hydrogens is 324 g/mol. The van der Waals surface area contributed by atoms with Crippen LogP contribution in [0.3, 0.4) is 0 Å². The van der Waals surface area contributed by atoms with Crippen LogP contribution in [0.1, 0.15) is 24.2 Å². The summed E-state index contributed by atoms with van der Waals surface area (Å²) in [4.78, 5) is 23.8. The van der Waals surface area contributed by atoms with Crippen molar-refractivity contribution < 1.29 is 27.9 Å². The quantitative estimate of drug-likeness (QED) is 0.794. The second kappa shape index (κ2) is 6.17. The minimum atomic E-state index is -3.80. The van der Waals surface area contributed by atoms with Gasteiger partial charge in [0, 0.05) is 6.54 Å². The predicted molar refractivity (Wildman–Crippen MR) is 80.7 cm³/mol. The standard InChI is InChI=1S/C14H18N2O6S/c1-14(2,16-7-8-22-13(16)19)9-15-23(20,21)11-5-3-10(4-6-11)12(17)18/h3-6,15H,7-9H2,1-2H3,(H,17,18). The summed E-state index contributed by atoms with van der Waals surface area (Å²) in [5.41, 5.74) is -0.745. The average molecular weight is 342 g/mol. The Morgan fingerprint density at radius 2 is 1.96 bits per heavy atom. The number of rotatable bonds is 6. The first-order chi connectivity index (χ1) is 10.6. The molecule has 1 aromatic rings. The van der Waals surface area contributed by atoms with Crippen molar-refractivity contribution in [1.29, 1.82) is 0 Å². The molecule has 2 N–H and O–H groups in total. The number of amides is 1. The number of cyclic esters (lactones) is 1. The molecule has 9 heteroatoms. The number of carboxylic acids is 1. The van der Waals surface area contributed by atoms with Gasteiger partial charge in [-0.1, -0.05) is 0 Å². The highest BCUT2D eigenvalue weighted by atomic mass is 32.2. The summed E-state index contributed by atoms with van der Waals surface area (Å²) in [5, 5.41) is 8.82. The summed E-state index contributed by atoms with van der Waals surface area (Å²) in [6.45, 7) is 4.16. The number of carboxylic acid groups (broad SMARTS) is 1. The third-order valence-electron chi connectivity index (χ3n) is 3.60. The van der Waals surface area contributed by atoms with Crippen LogP contribution in [0, 0.1) is 0 Å². The number of carbonyl (C=O) groups is 2. The summed E-state index contributed by atoms with van der Waals surface area (Å²) in [6, 6.07) is 4.89. The van der Waals surface area contributed by atoms with Crippen molar-refractivity contribution in [3.63, 3.8) is 0 Å². The summed E-state index contributed by atoms with van der Waals surface area (Å²) >= 11 is 0. The topological polar surface area (TPSA) is 113 Å². The van der Waals surface area contributed by atoms with Crippen molar-refractivity contribution in [2.45, 2.75) is 24.3 Å². The first kappa shape index (κ1) is 17.2. The van der Waals surface area contributed by atoms with E-state index in [4.69, 9.17) is 9.84 Å². The number of ether oxygens (including phenoxy) is 1. The van der Waals surface area contributed by atoms with Crippen molar-refractivity contribution in [3.8, 4) is 0 Å². The first-order valence-electron chi connectivity index (χ1n) is 6.91. The molecule has 0 spiro atoms. The molecule has 0 atom stereocenters. The lowest BCUT2D eigenvalue weighted by Crippen LogP contribution is -2.52. The SMILES string of the molecule is CC(C)(CNS(=O)(=O)c1ccc(C(=O)O)cc1)N1CCOC1=O. The molecule has 1 amide bonds. The zero-order chi connectivity index (χ0) is 17.3. The first-order valence-corrected chi connectivity index (χ1v) is 8.39. The van der Waals surface area contributed by atoms with Gasteiger partial charge in [0.25, 0.3) is 0 Å². The van der Waals surface area contributed by atoms with Crippen molar-refractivity contribution in [3.05, 3.63) is 29.8 Å². The molecule has 1 fully saturated rings. The number of aromatic carboxylic acids is 1. The van der Waals surface area contributed by atoms with E-state index in [-0.39, 0.29) is 23.6 Å². The van der Waals surface area contributed by atoms with Crippen LogP contribution in [-0.2, 0) is 14.8 Å². The van der Waals surface area contributed by atoms with E-state index in [1.54, 1.807) is 13.8 Å². The van der Waals surface area contributed by atoms with Crippen LogP contribution in [0.25, 0.3) is 0 Å². The molecule has 8 nitrogen and oxygen atoms in total. The van der Waals surface area contributed by atoms with E-state index >= 15 is 0 Å². The highest BCUT2D eigenvalue weighted by Crippen LogP contribution is 2.19. The van der Waals surface area contributed by atoms with Gasteiger partial charge in [0.1, 0.15) is 6.61 Å². The fourth-order valence-corrected chi connectivity index (χ4v) is 3.37. The third-order valence-corrected chi connectivity index (χ3v) is 5.02. The summed E-state index contributed by atoms with van der Waals surface area (Å²) < 4.78 is 31.8. The molecule has 1 aromatic carbocycles. The van der Waals surface area contributed by atoms with Crippen molar-refractivity contribution in [1.82, 2.24) is 9.62 Å². The Bertz CT molecular complexity index is 711. The van der Waals surface area contributed by atoms with E-state index in [1.807, 2.05) is 0 Å². The summed E-state index contributed by atoms with van der Waals surface area (Å²) in [7, 11) is -3.80. The zero-order valence-electron chi connectivity index (χ0n) is 12.8. The number of nitrogens with one attached hydrogen (secondary N) is 1. The number of nitrogens with zero attached hydrogens (tertiary/aromatic N) is 1. The molecule has 126 valence electrons. The minimum absolute atomic E-state index is 0.00379. The normalized spacial score (nSPS) is 15.6. The van der Waals surface area contributed by atoms with E-state index in [2.05, 4.69) is 4.72 Å². The number of hydrogen-bond acceptors (Lipinski definition) is 5. The van der Waals surface area contributed by atoms with Gasteiger partial charge in [-0.25, -0.2) is 22.7 Å². The molecule has 23 heavy (non-hydrogen) atoms. The monoisotopic (exact) mass is 342 g/mol. The summed E-state index contributed by atoms with van der Waals surface area (Å²) in [6.07, 6.45) is -0.472. The van der Waals surface area contributed by atoms with E-state index in [0.29, 0.717) is 6.54 Å². The van der Waals surface area contributed by atoms with E-state index in [1.165, 1.54) is 29.2 Å². The van der Waals surface area contributed by atoms with Gasteiger partial charge in [-0.3, -0.25) is 4.90 Å². The van der Waals surface area contributed by atoms with Crippen LogP contribution in [0.15, 0.2) is 29.2 Å². The second-order valence-corrected chi connectivity index (χ2v) is 7.50. The van der Waals surface area contributed by atoms with Crippen LogP contribution in [0.2, 0.25) is 0 Å². The molecule has 0 saturated carbocycles. The summed E-state index contributed by atoms with van der Waals surface area (Å²) in [5.74, 6) is -1.13. The van der Waals surface area contributed by atoms with Gasteiger partial charge in [0.05, 0.1) is 22.5 Å². The van der Waals surface area contributed by atoms with Gasteiger partial charge in [-0.05, 0) is 38.1 Å². The molecule has 0 radical (unpaired) electrons. The van der Waals surface area contributed by atoms with Gasteiger partial charge in [0.2, 0.25) is 10.0 Å². The van der Waals surface area contributed by atoms with Gasteiger partial charge in [0.15, 0.2) is 0 Å².